The maximum Gasteiger partial charge on any atom is 0.410 e. The lowest BCUT2D eigenvalue weighted by atomic mass is 9.96. The molecular formula is C19H18F3N5O3. The molecule has 2 aromatic rings. The van der Waals surface area contributed by atoms with E-state index in [1.807, 2.05) is 6.07 Å². The van der Waals surface area contributed by atoms with Crippen LogP contribution < -0.4 is 14.8 Å². The van der Waals surface area contributed by atoms with Crippen LogP contribution in [0.25, 0.3) is 0 Å². The zero-order valence-electron chi connectivity index (χ0n) is 15.9. The van der Waals surface area contributed by atoms with Gasteiger partial charge in [-0.25, -0.2) is 4.68 Å². The zero-order chi connectivity index (χ0) is 21.5. The molecule has 2 atom stereocenters. The van der Waals surface area contributed by atoms with Gasteiger partial charge in [-0.1, -0.05) is 6.07 Å². The molecule has 0 radical (unpaired) electrons. The molecule has 1 aromatic heterocycles. The van der Waals surface area contributed by atoms with Crippen LogP contribution in [0.1, 0.15) is 41.0 Å². The van der Waals surface area contributed by atoms with E-state index in [9.17, 15) is 18.0 Å². The molecule has 158 valence electrons. The molecule has 0 fully saturated rings. The number of benzene rings is 1. The number of carbonyl (C=O) groups is 1. The van der Waals surface area contributed by atoms with Gasteiger partial charge in [0.05, 0.1) is 18.5 Å². The van der Waals surface area contributed by atoms with Gasteiger partial charge in [0.25, 0.3) is 5.91 Å². The van der Waals surface area contributed by atoms with Crippen LogP contribution in [0.5, 0.6) is 11.5 Å². The van der Waals surface area contributed by atoms with E-state index in [0.29, 0.717) is 17.1 Å². The monoisotopic (exact) mass is 421 g/mol. The van der Waals surface area contributed by atoms with E-state index in [4.69, 9.17) is 14.7 Å². The maximum atomic E-state index is 13.8. The first-order chi connectivity index (χ1) is 14.3. The number of rotatable bonds is 4. The van der Waals surface area contributed by atoms with Crippen molar-refractivity contribution >= 4 is 11.7 Å². The number of alkyl halides is 3. The van der Waals surface area contributed by atoms with Crippen LogP contribution in [0, 0.1) is 11.3 Å². The van der Waals surface area contributed by atoms with Crippen LogP contribution in [0.4, 0.5) is 19.0 Å². The first kappa shape index (κ1) is 19.9. The van der Waals surface area contributed by atoms with E-state index in [-0.39, 0.29) is 37.7 Å². The first-order valence-electron chi connectivity index (χ1n) is 9.22. The number of hydrogen-bond acceptors (Lipinski definition) is 6. The van der Waals surface area contributed by atoms with Crippen LogP contribution in [-0.2, 0) is 0 Å². The summed E-state index contributed by atoms with van der Waals surface area (Å²) in [7, 11) is 1.47. The lowest BCUT2D eigenvalue weighted by Gasteiger charge is -2.33. The lowest BCUT2D eigenvalue weighted by Crippen LogP contribution is -2.36. The van der Waals surface area contributed by atoms with Crippen molar-refractivity contribution in [1.29, 1.82) is 5.26 Å². The van der Waals surface area contributed by atoms with Gasteiger partial charge >= 0.3 is 6.18 Å². The molecule has 3 heterocycles. The number of amides is 1. The molecule has 30 heavy (non-hydrogen) atoms. The van der Waals surface area contributed by atoms with Crippen molar-refractivity contribution in [1.82, 2.24) is 14.7 Å². The topological polar surface area (TPSA) is 92.4 Å². The van der Waals surface area contributed by atoms with E-state index in [1.165, 1.54) is 18.0 Å². The van der Waals surface area contributed by atoms with Gasteiger partial charge < -0.3 is 19.7 Å². The van der Waals surface area contributed by atoms with Gasteiger partial charge in [-0.15, -0.1) is 0 Å². The molecule has 2 aliphatic heterocycles. The summed E-state index contributed by atoms with van der Waals surface area (Å²) in [6, 6.07) is 5.68. The molecule has 11 heteroatoms. The molecular weight excluding hydrogens is 403 g/mol. The van der Waals surface area contributed by atoms with Crippen LogP contribution in [0.15, 0.2) is 24.3 Å². The van der Waals surface area contributed by atoms with E-state index in [1.54, 1.807) is 18.2 Å². The number of nitrogens with zero attached hydrogens (tertiary/aromatic N) is 4. The van der Waals surface area contributed by atoms with E-state index in [0.717, 1.165) is 4.68 Å². The number of halogens is 3. The van der Waals surface area contributed by atoms with Gasteiger partial charge in [-0.2, -0.15) is 23.5 Å². The minimum atomic E-state index is -4.55. The number of carbonyl (C=O) groups excluding carboxylic acids is 1. The summed E-state index contributed by atoms with van der Waals surface area (Å²) in [6.45, 7) is 0.229. The Hall–Kier alpha value is -3.42. The molecule has 0 unspecified atom stereocenters. The minimum Gasteiger partial charge on any atom is -0.454 e. The van der Waals surface area contributed by atoms with Gasteiger partial charge in [0.15, 0.2) is 23.2 Å². The van der Waals surface area contributed by atoms with Gasteiger partial charge in [-0.05, 0) is 17.7 Å². The van der Waals surface area contributed by atoms with E-state index >= 15 is 0 Å². The van der Waals surface area contributed by atoms with Crippen molar-refractivity contribution in [2.45, 2.75) is 31.1 Å². The number of fused-ring (bicyclic) bond motifs is 2. The average molecular weight is 421 g/mol. The zero-order valence-corrected chi connectivity index (χ0v) is 15.9. The number of nitrogens with one attached hydrogen (secondary N) is 1. The molecule has 1 N–H and O–H groups in total. The Morgan fingerprint density at radius 3 is 2.87 bits per heavy atom. The normalized spacial score (nSPS) is 19.6. The summed E-state index contributed by atoms with van der Waals surface area (Å²) in [6.07, 6.45) is -4.73. The van der Waals surface area contributed by atoms with Crippen molar-refractivity contribution in [3.8, 4) is 17.6 Å². The fourth-order valence-corrected chi connectivity index (χ4v) is 3.54. The van der Waals surface area contributed by atoms with Crippen molar-refractivity contribution in [3.63, 3.8) is 0 Å². The quantitative estimate of drug-likeness (QED) is 0.815. The first-order valence-corrected chi connectivity index (χ1v) is 9.22. The Labute approximate surface area is 169 Å². The Morgan fingerprint density at radius 2 is 2.13 bits per heavy atom. The summed E-state index contributed by atoms with van der Waals surface area (Å²) in [5.41, 5.74) is 0.499. The third kappa shape index (κ3) is 3.60. The molecule has 0 spiro atoms. The predicted octanol–water partition coefficient (Wildman–Crippen LogP) is 3.26. The summed E-state index contributed by atoms with van der Waals surface area (Å²) in [4.78, 5) is 13.8. The highest BCUT2D eigenvalue weighted by atomic mass is 19.4. The highest BCUT2D eigenvalue weighted by molar-refractivity contribution is 5.93. The summed E-state index contributed by atoms with van der Waals surface area (Å²) in [5, 5.41) is 15.6. The molecule has 0 saturated carbocycles. The second-order valence-corrected chi connectivity index (χ2v) is 7.10. The molecule has 1 amide bonds. The Morgan fingerprint density at radius 1 is 1.37 bits per heavy atom. The molecule has 0 saturated heterocycles. The maximum absolute atomic E-state index is 13.8. The molecule has 8 nitrogen and oxygen atoms in total. The number of anilines is 1. The van der Waals surface area contributed by atoms with E-state index in [2.05, 4.69) is 10.4 Å². The predicted molar refractivity (Wildman–Crippen MR) is 98.1 cm³/mol. The van der Waals surface area contributed by atoms with Crippen LogP contribution in [-0.4, -0.2) is 47.1 Å². The third-order valence-electron chi connectivity index (χ3n) is 5.11. The highest BCUT2D eigenvalue weighted by Crippen LogP contribution is 2.45. The van der Waals surface area contributed by atoms with Crippen molar-refractivity contribution in [2.24, 2.45) is 0 Å². The SMILES string of the molecule is CN(CCC#N)C(=O)c1cc2n(n1)[C@H](C(F)(F)F)C[C@@H](c1ccc3c(c1)OCO3)N2. The fourth-order valence-electron chi connectivity index (χ4n) is 3.54. The third-order valence-corrected chi connectivity index (χ3v) is 5.11. The standard InChI is InChI=1S/C19H18F3N5O3/c1-26(6-2-5-23)18(28)13-9-17-24-12(8-16(19(20,21)22)27(17)25-13)11-3-4-14-15(7-11)30-10-29-14/h3-4,7,9,12,16,24H,2,6,8,10H2,1H3/t12-,16-/m0/s1. The van der Waals surface area contributed by atoms with Crippen LogP contribution >= 0.6 is 0 Å². The van der Waals surface area contributed by atoms with Gasteiger partial charge in [0.1, 0.15) is 5.82 Å². The number of hydrogen-bond donors (Lipinski definition) is 1. The Kier molecular flexibility index (Phi) is 4.93. The Bertz CT molecular complexity index is 1010. The Balaban J connectivity index is 1.65. The summed E-state index contributed by atoms with van der Waals surface area (Å²) in [5.74, 6) is 0.574. The van der Waals surface area contributed by atoms with Gasteiger partial charge in [0.2, 0.25) is 6.79 Å². The molecule has 4 rings (SSSR count). The second-order valence-electron chi connectivity index (χ2n) is 7.10. The minimum absolute atomic E-state index is 0.0691. The summed E-state index contributed by atoms with van der Waals surface area (Å²) < 4.78 is 52.8. The number of aromatic nitrogens is 2. The average Bonchev–Trinajstić information content (AvgIpc) is 3.35. The van der Waals surface area contributed by atoms with Crippen molar-refractivity contribution < 1.29 is 27.4 Å². The van der Waals surface area contributed by atoms with Crippen molar-refractivity contribution in [2.75, 3.05) is 25.7 Å². The van der Waals surface area contributed by atoms with Gasteiger partial charge in [-0.3, -0.25) is 4.79 Å². The summed E-state index contributed by atoms with van der Waals surface area (Å²) >= 11 is 0. The van der Waals surface area contributed by atoms with Gasteiger partial charge in [0, 0.05) is 26.1 Å². The number of nitriles is 1. The molecule has 0 bridgehead atoms. The second kappa shape index (κ2) is 7.44. The molecule has 0 aliphatic carbocycles. The van der Waals surface area contributed by atoms with Crippen molar-refractivity contribution in [3.05, 3.63) is 35.5 Å². The lowest BCUT2D eigenvalue weighted by molar-refractivity contribution is -0.173. The number of ether oxygens (including phenoxy) is 2. The molecule has 2 aliphatic rings. The highest BCUT2D eigenvalue weighted by Gasteiger charge is 2.47. The van der Waals surface area contributed by atoms with Crippen LogP contribution in [0.2, 0.25) is 0 Å². The molecule has 1 aromatic carbocycles. The largest absolute Gasteiger partial charge is 0.454 e. The van der Waals surface area contributed by atoms with E-state index < -0.39 is 24.2 Å². The fraction of sp³-hybridized carbons (Fsp3) is 0.421. The van der Waals surface area contributed by atoms with Crippen LogP contribution in [0.3, 0.4) is 0 Å². The smallest absolute Gasteiger partial charge is 0.410 e.